The van der Waals surface area contributed by atoms with E-state index in [4.69, 9.17) is 11.6 Å². The minimum absolute atomic E-state index is 0.0681. The van der Waals surface area contributed by atoms with Gasteiger partial charge in [0.2, 0.25) is 5.91 Å². The van der Waals surface area contributed by atoms with Gasteiger partial charge in [0.1, 0.15) is 12.3 Å². The molecule has 1 saturated heterocycles. The first-order valence-electron chi connectivity index (χ1n) is 10.2. The molecule has 164 valence electrons. The number of nitrogens with zero attached hydrogens (tertiary/aromatic N) is 3. The number of hydrogen-bond acceptors (Lipinski definition) is 4. The van der Waals surface area contributed by atoms with E-state index in [9.17, 15) is 14.4 Å². The van der Waals surface area contributed by atoms with Crippen molar-refractivity contribution >= 4 is 41.2 Å². The Morgan fingerprint density at radius 2 is 1.75 bits per heavy atom. The molecule has 1 fully saturated rings. The zero-order valence-electron chi connectivity index (χ0n) is 17.1. The molecule has 0 bridgehead atoms. The second-order valence-corrected chi connectivity index (χ2v) is 8.03. The van der Waals surface area contributed by atoms with E-state index in [0.29, 0.717) is 35.8 Å². The summed E-state index contributed by atoms with van der Waals surface area (Å²) in [7, 11) is 0. The van der Waals surface area contributed by atoms with Gasteiger partial charge in [-0.3, -0.25) is 4.79 Å². The second kappa shape index (κ2) is 9.65. The summed E-state index contributed by atoms with van der Waals surface area (Å²) in [4.78, 5) is 38.4. The van der Waals surface area contributed by atoms with E-state index in [0.717, 1.165) is 12.0 Å². The van der Waals surface area contributed by atoms with Gasteiger partial charge in [-0.15, -0.1) is 0 Å². The van der Waals surface area contributed by atoms with Gasteiger partial charge in [0, 0.05) is 41.8 Å². The van der Waals surface area contributed by atoms with Crippen LogP contribution in [0.1, 0.15) is 12.8 Å². The third-order valence-corrected chi connectivity index (χ3v) is 5.63. The summed E-state index contributed by atoms with van der Waals surface area (Å²) >= 11 is 5.90. The monoisotopic (exact) mass is 451 g/mol. The van der Waals surface area contributed by atoms with Gasteiger partial charge in [0.25, 0.3) is 0 Å². The van der Waals surface area contributed by atoms with Crippen molar-refractivity contribution in [2.75, 3.05) is 17.2 Å². The quantitative estimate of drug-likeness (QED) is 0.554. The van der Waals surface area contributed by atoms with Crippen LogP contribution in [0.5, 0.6) is 0 Å². The number of rotatable bonds is 6. The van der Waals surface area contributed by atoms with E-state index in [1.54, 1.807) is 47.3 Å². The number of halogens is 1. The molecule has 2 atom stereocenters. The topological polar surface area (TPSA) is 96.3 Å². The van der Waals surface area contributed by atoms with Crippen LogP contribution in [0.15, 0.2) is 67.0 Å². The molecular formula is C23H22ClN5O3. The molecule has 2 N–H and O–H groups in total. The minimum Gasteiger partial charge on any atom is -0.324 e. The van der Waals surface area contributed by atoms with Crippen LogP contribution in [0.4, 0.5) is 16.2 Å². The Morgan fingerprint density at radius 3 is 2.41 bits per heavy atom. The Bertz CT molecular complexity index is 1080. The van der Waals surface area contributed by atoms with Gasteiger partial charge >= 0.3 is 6.03 Å². The molecule has 0 radical (unpaired) electrons. The largest absolute Gasteiger partial charge is 0.324 e. The Hall–Kier alpha value is -3.65. The van der Waals surface area contributed by atoms with Gasteiger partial charge in [0.15, 0.2) is 0 Å². The first kappa shape index (κ1) is 21.6. The molecule has 1 aromatic heterocycles. The summed E-state index contributed by atoms with van der Waals surface area (Å²) in [5, 5.41) is 10.4. The van der Waals surface area contributed by atoms with Crippen molar-refractivity contribution in [3.05, 3.63) is 72.0 Å². The normalized spacial score (nSPS) is 17.7. The van der Waals surface area contributed by atoms with Crippen molar-refractivity contribution in [3.63, 3.8) is 0 Å². The molecule has 0 aliphatic carbocycles. The van der Waals surface area contributed by atoms with Gasteiger partial charge < -0.3 is 20.3 Å². The Kier molecular flexibility index (Phi) is 6.51. The maximum absolute atomic E-state index is 13.0. The highest BCUT2D eigenvalue weighted by Crippen LogP contribution is 2.27. The number of anilines is 2. The van der Waals surface area contributed by atoms with E-state index < -0.39 is 12.1 Å². The predicted molar refractivity (Wildman–Crippen MR) is 122 cm³/mol. The van der Waals surface area contributed by atoms with Crippen LogP contribution in [0.25, 0.3) is 5.69 Å². The molecule has 4 rings (SSSR count). The number of likely N-dealkylation sites (tertiary alicyclic amines) is 1. The van der Waals surface area contributed by atoms with Crippen molar-refractivity contribution in [1.82, 2.24) is 14.7 Å². The smallest absolute Gasteiger partial charge is 0.322 e. The molecule has 0 unspecified atom stereocenters. The average Bonchev–Trinajstić information content (AvgIpc) is 3.47. The molecule has 0 saturated carbocycles. The van der Waals surface area contributed by atoms with Gasteiger partial charge in [0.05, 0.1) is 5.69 Å². The van der Waals surface area contributed by atoms with Crippen LogP contribution in [0.3, 0.4) is 0 Å². The lowest BCUT2D eigenvalue weighted by atomic mass is 10.0. The molecule has 1 aliphatic heterocycles. The van der Waals surface area contributed by atoms with Crippen molar-refractivity contribution in [2.45, 2.75) is 18.9 Å². The molecule has 2 heterocycles. The van der Waals surface area contributed by atoms with Crippen LogP contribution in [-0.2, 0) is 9.59 Å². The lowest BCUT2D eigenvalue weighted by Crippen LogP contribution is -2.45. The molecule has 8 nitrogen and oxygen atoms in total. The van der Waals surface area contributed by atoms with Crippen LogP contribution < -0.4 is 10.6 Å². The second-order valence-electron chi connectivity index (χ2n) is 7.60. The molecule has 9 heteroatoms. The minimum atomic E-state index is -0.682. The number of aldehydes is 1. The number of urea groups is 1. The summed E-state index contributed by atoms with van der Waals surface area (Å²) in [6.45, 7) is 0.328. The van der Waals surface area contributed by atoms with E-state index in [1.807, 2.05) is 24.4 Å². The van der Waals surface area contributed by atoms with Crippen molar-refractivity contribution in [1.29, 1.82) is 0 Å². The zero-order valence-corrected chi connectivity index (χ0v) is 17.9. The van der Waals surface area contributed by atoms with Gasteiger partial charge in [-0.1, -0.05) is 11.6 Å². The summed E-state index contributed by atoms with van der Waals surface area (Å²) in [6, 6.07) is 14.7. The van der Waals surface area contributed by atoms with E-state index in [1.165, 1.54) is 4.90 Å². The summed E-state index contributed by atoms with van der Waals surface area (Å²) in [6.07, 6.45) is 5.07. The highest BCUT2D eigenvalue weighted by Gasteiger charge is 2.39. The Labute approximate surface area is 190 Å². The molecule has 0 spiro atoms. The number of carbonyl (C=O) groups excluding carboxylic acids is 3. The summed E-state index contributed by atoms with van der Waals surface area (Å²) < 4.78 is 1.72. The number of hydrogen-bond donors (Lipinski definition) is 2. The number of nitrogens with one attached hydrogen (secondary N) is 2. The molecule has 2 aromatic carbocycles. The van der Waals surface area contributed by atoms with Crippen molar-refractivity contribution in [3.8, 4) is 5.69 Å². The zero-order chi connectivity index (χ0) is 22.5. The fourth-order valence-corrected chi connectivity index (χ4v) is 3.90. The summed E-state index contributed by atoms with van der Waals surface area (Å²) in [5.74, 6) is -0.363. The average molecular weight is 452 g/mol. The van der Waals surface area contributed by atoms with Crippen LogP contribution in [-0.4, -0.2) is 45.5 Å². The maximum atomic E-state index is 13.0. The van der Waals surface area contributed by atoms with Crippen molar-refractivity contribution in [2.24, 2.45) is 5.92 Å². The standard InChI is InChI=1S/C23H22ClN5O3/c24-17-2-4-19(5-3-17)27-23(32)28-15-16(10-13-30)14-21(28)22(31)26-18-6-8-20(9-7-18)29-12-1-11-25-29/h1-9,11-13,16,21H,10,14-15H2,(H,26,31)(H,27,32)/t16-,21-/m1/s1. The number of carbonyl (C=O) groups is 3. The fraction of sp³-hybridized carbons (Fsp3) is 0.217. The predicted octanol–water partition coefficient (Wildman–Crippen LogP) is 3.98. The fourth-order valence-electron chi connectivity index (χ4n) is 3.78. The first-order valence-corrected chi connectivity index (χ1v) is 10.6. The van der Waals surface area contributed by atoms with Crippen LogP contribution in [0, 0.1) is 5.92 Å². The molecule has 3 aromatic rings. The summed E-state index contributed by atoms with van der Waals surface area (Å²) in [5.41, 5.74) is 2.05. The van der Waals surface area contributed by atoms with Gasteiger partial charge in [-0.2, -0.15) is 5.10 Å². The van der Waals surface area contributed by atoms with Gasteiger partial charge in [-0.25, -0.2) is 9.48 Å². The first-order chi connectivity index (χ1) is 15.5. The molecular weight excluding hydrogens is 430 g/mol. The van der Waals surface area contributed by atoms with E-state index in [2.05, 4.69) is 15.7 Å². The molecule has 3 amide bonds. The number of amides is 3. The van der Waals surface area contributed by atoms with E-state index >= 15 is 0 Å². The maximum Gasteiger partial charge on any atom is 0.322 e. The third kappa shape index (κ3) is 4.97. The van der Waals surface area contributed by atoms with Crippen molar-refractivity contribution < 1.29 is 14.4 Å². The lowest BCUT2D eigenvalue weighted by molar-refractivity contribution is -0.119. The lowest BCUT2D eigenvalue weighted by Gasteiger charge is -2.24. The number of benzene rings is 2. The highest BCUT2D eigenvalue weighted by molar-refractivity contribution is 6.30. The van der Waals surface area contributed by atoms with Gasteiger partial charge in [-0.05, 0) is 66.9 Å². The Balaban J connectivity index is 1.45. The SMILES string of the molecule is O=CC[C@@H]1C[C@H](C(=O)Nc2ccc(-n3cccn3)cc2)N(C(=O)Nc2ccc(Cl)cc2)C1. The number of aromatic nitrogens is 2. The van der Waals surface area contributed by atoms with E-state index in [-0.39, 0.29) is 11.8 Å². The Morgan fingerprint density at radius 1 is 1.06 bits per heavy atom. The molecule has 1 aliphatic rings. The third-order valence-electron chi connectivity index (χ3n) is 5.38. The molecule has 32 heavy (non-hydrogen) atoms. The van der Waals surface area contributed by atoms with Crippen LogP contribution >= 0.6 is 11.6 Å². The highest BCUT2D eigenvalue weighted by atomic mass is 35.5. The van der Waals surface area contributed by atoms with Crippen LogP contribution in [0.2, 0.25) is 5.02 Å².